The molecule has 0 spiro atoms. The van der Waals surface area contributed by atoms with Crippen molar-refractivity contribution in [3.63, 3.8) is 0 Å². The molecule has 0 aliphatic carbocycles. The standard InChI is InChI=1S/C15H20FNO4/c1-4-9-15(3,14(19)20)17-13(18)10(2)21-12-8-6-5-7-11(12)16/h5-8,10H,4,9H2,1-3H3,(H,17,18)(H,19,20). The zero-order valence-corrected chi connectivity index (χ0v) is 12.4. The summed E-state index contributed by atoms with van der Waals surface area (Å²) in [6.07, 6.45) is -0.107. The number of para-hydroxylation sites is 1. The van der Waals surface area contributed by atoms with Crippen LogP contribution in [0.2, 0.25) is 0 Å². The number of nitrogens with one attached hydrogen (secondary N) is 1. The summed E-state index contributed by atoms with van der Waals surface area (Å²) >= 11 is 0. The topological polar surface area (TPSA) is 75.6 Å². The van der Waals surface area contributed by atoms with Crippen LogP contribution in [0.25, 0.3) is 0 Å². The van der Waals surface area contributed by atoms with Gasteiger partial charge in [0.1, 0.15) is 5.54 Å². The van der Waals surface area contributed by atoms with Crippen molar-refractivity contribution in [3.8, 4) is 5.75 Å². The van der Waals surface area contributed by atoms with Gasteiger partial charge in [0.25, 0.3) is 5.91 Å². The predicted octanol–water partition coefficient (Wildman–Crippen LogP) is 2.35. The highest BCUT2D eigenvalue weighted by Gasteiger charge is 2.35. The number of benzene rings is 1. The van der Waals surface area contributed by atoms with Gasteiger partial charge in [0.2, 0.25) is 0 Å². The maximum atomic E-state index is 13.4. The molecule has 2 atom stereocenters. The molecule has 1 aromatic carbocycles. The van der Waals surface area contributed by atoms with Gasteiger partial charge in [-0.25, -0.2) is 9.18 Å². The molecule has 21 heavy (non-hydrogen) atoms. The molecular weight excluding hydrogens is 277 g/mol. The van der Waals surface area contributed by atoms with Crippen molar-refractivity contribution in [1.82, 2.24) is 5.32 Å². The fourth-order valence-electron chi connectivity index (χ4n) is 1.88. The van der Waals surface area contributed by atoms with Gasteiger partial charge in [-0.3, -0.25) is 4.79 Å². The second-order valence-corrected chi connectivity index (χ2v) is 5.07. The SMILES string of the molecule is CCCC(C)(NC(=O)C(C)Oc1ccccc1F)C(=O)O. The number of hydrogen-bond donors (Lipinski definition) is 2. The Morgan fingerprint density at radius 1 is 1.43 bits per heavy atom. The lowest BCUT2D eigenvalue weighted by Crippen LogP contribution is -2.55. The zero-order chi connectivity index (χ0) is 16.0. The van der Waals surface area contributed by atoms with Gasteiger partial charge < -0.3 is 15.2 Å². The van der Waals surface area contributed by atoms with Gasteiger partial charge in [-0.05, 0) is 32.4 Å². The van der Waals surface area contributed by atoms with Crippen LogP contribution >= 0.6 is 0 Å². The van der Waals surface area contributed by atoms with Crippen LogP contribution in [0.4, 0.5) is 4.39 Å². The van der Waals surface area contributed by atoms with Crippen LogP contribution < -0.4 is 10.1 Å². The molecule has 1 rings (SSSR count). The summed E-state index contributed by atoms with van der Waals surface area (Å²) in [5.74, 6) is -2.34. The summed E-state index contributed by atoms with van der Waals surface area (Å²) in [6, 6.07) is 5.72. The highest BCUT2D eigenvalue weighted by molar-refractivity contribution is 5.88. The third kappa shape index (κ3) is 4.44. The van der Waals surface area contributed by atoms with Gasteiger partial charge >= 0.3 is 5.97 Å². The van der Waals surface area contributed by atoms with E-state index >= 15 is 0 Å². The van der Waals surface area contributed by atoms with Crippen LogP contribution in [0.15, 0.2) is 24.3 Å². The molecule has 0 saturated heterocycles. The second kappa shape index (κ2) is 7.06. The fourth-order valence-corrected chi connectivity index (χ4v) is 1.88. The summed E-state index contributed by atoms with van der Waals surface area (Å²) in [7, 11) is 0. The lowest BCUT2D eigenvalue weighted by atomic mass is 9.96. The Balaban J connectivity index is 2.74. The molecule has 0 aromatic heterocycles. The van der Waals surface area contributed by atoms with Crippen LogP contribution in [-0.4, -0.2) is 28.6 Å². The first kappa shape index (κ1) is 16.9. The van der Waals surface area contributed by atoms with E-state index in [-0.39, 0.29) is 5.75 Å². The monoisotopic (exact) mass is 297 g/mol. The quantitative estimate of drug-likeness (QED) is 0.810. The number of halogens is 1. The Morgan fingerprint density at radius 3 is 2.57 bits per heavy atom. The van der Waals surface area contributed by atoms with Crippen LogP contribution in [0, 0.1) is 5.82 Å². The van der Waals surface area contributed by atoms with Gasteiger partial charge in [-0.2, -0.15) is 0 Å². The summed E-state index contributed by atoms with van der Waals surface area (Å²) in [4.78, 5) is 23.3. The number of amides is 1. The summed E-state index contributed by atoms with van der Waals surface area (Å²) in [5, 5.41) is 11.7. The molecule has 0 radical (unpaired) electrons. The Labute approximate surface area is 123 Å². The highest BCUT2D eigenvalue weighted by Crippen LogP contribution is 2.18. The molecule has 1 amide bonds. The number of carboxylic acid groups (broad SMARTS) is 1. The van der Waals surface area contributed by atoms with Gasteiger partial charge in [0.05, 0.1) is 0 Å². The molecule has 0 fully saturated rings. The molecule has 0 bridgehead atoms. The first-order valence-electron chi connectivity index (χ1n) is 6.76. The number of rotatable bonds is 7. The number of aliphatic carboxylic acids is 1. The van der Waals surface area contributed by atoms with Crippen molar-refractivity contribution in [3.05, 3.63) is 30.1 Å². The van der Waals surface area contributed by atoms with Crippen LogP contribution in [0.1, 0.15) is 33.6 Å². The zero-order valence-electron chi connectivity index (χ0n) is 12.4. The van der Waals surface area contributed by atoms with Gasteiger partial charge in [-0.1, -0.05) is 25.5 Å². The van der Waals surface area contributed by atoms with Crippen molar-refractivity contribution < 1.29 is 23.8 Å². The molecule has 1 aromatic rings. The number of ether oxygens (including phenoxy) is 1. The van der Waals surface area contributed by atoms with Gasteiger partial charge in [0.15, 0.2) is 17.7 Å². The predicted molar refractivity (Wildman–Crippen MR) is 75.6 cm³/mol. The van der Waals surface area contributed by atoms with E-state index in [1.54, 1.807) is 6.07 Å². The number of carbonyl (C=O) groups is 2. The van der Waals surface area contributed by atoms with Crippen LogP contribution in [0.3, 0.4) is 0 Å². The molecule has 2 unspecified atom stereocenters. The molecule has 2 N–H and O–H groups in total. The van der Waals surface area contributed by atoms with E-state index in [1.165, 1.54) is 32.0 Å². The second-order valence-electron chi connectivity index (χ2n) is 5.07. The van der Waals surface area contributed by atoms with E-state index < -0.39 is 29.3 Å². The van der Waals surface area contributed by atoms with Crippen molar-refractivity contribution >= 4 is 11.9 Å². The van der Waals surface area contributed by atoms with Gasteiger partial charge in [-0.15, -0.1) is 0 Å². The molecule has 0 aliphatic rings. The fraction of sp³-hybridized carbons (Fsp3) is 0.467. The maximum absolute atomic E-state index is 13.4. The minimum absolute atomic E-state index is 0.0485. The minimum Gasteiger partial charge on any atom is -0.480 e. The third-order valence-electron chi connectivity index (χ3n) is 3.13. The normalized spacial score (nSPS) is 14.9. The van der Waals surface area contributed by atoms with E-state index in [2.05, 4.69) is 5.32 Å². The number of carboxylic acids is 1. The van der Waals surface area contributed by atoms with Gasteiger partial charge in [0, 0.05) is 0 Å². The third-order valence-corrected chi connectivity index (χ3v) is 3.13. The Bertz CT molecular complexity index is 520. The lowest BCUT2D eigenvalue weighted by molar-refractivity contribution is -0.148. The smallest absolute Gasteiger partial charge is 0.329 e. The van der Waals surface area contributed by atoms with E-state index in [0.29, 0.717) is 12.8 Å². The molecule has 0 heterocycles. The lowest BCUT2D eigenvalue weighted by Gasteiger charge is -2.27. The molecule has 116 valence electrons. The van der Waals surface area contributed by atoms with E-state index in [0.717, 1.165) is 0 Å². The van der Waals surface area contributed by atoms with Crippen LogP contribution in [-0.2, 0) is 9.59 Å². The molecule has 0 saturated carbocycles. The first-order chi connectivity index (χ1) is 9.80. The van der Waals surface area contributed by atoms with E-state index in [1.807, 2.05) is 6.92 Å². The molecule has 5 nitrogen and oxygen atoms in total. The number of carbonyl (C=O) groups excluding carboxylic acids is 1. The van der Waals surface area contributed by atoms with Crippen LogP contribution in [0.5, 0.6) is 5.75 Å². The Hall–Kier alpha value is -2.11. The summed E-state index contributed by atoms with van der Waals surface area (Å²) < 4.78 is 18.7. The average molecular weight is 297 g/mol. The first-order valence-corrected chi connectivity index (χ1v) is 6.76. The van der Waals surface area contributed by atoms with E-state index in [9.17, 15) is 19.1 Å². The molecule has 6 heteroatoms. The largest absolute Gasteiger partial charge is 0.480 e. The minimum atomic E-state index is -1.36. The van der Waals surface area contributed by atoms with Crippen molar-refractivity contribution in [2.75, 3.05) is 0 Å². The Morgan fingerprint density at radius 2 is 2.05 bits per heavy atom. The number of hydrogen-bond acceptors (Lipinski definition) is 3. The molecular formula is C15H20FNO4. The Kier molecular flexibility index (Phi) is 5.69. The maximum Gasteiger partial charge on any atom is 0.329 e. The van der Waals surface area contributed by atoms with Crippen molar-refractivity contribution in [2.24, 2.45) is 0 Å². The average Bonchev–Trinajstić information content (AvgIpc) is 2.41. The molecule has 0 aliphatic heterocycles. The highest BCUT2D eigenvalue weighted by atomic mass is 19.1. The van der Waals surface area contributed by atoms with E-state index in [4.69, 9.17) is 4.74 Å². The van der Waals surface area contributed by atoms with Crippen molar-refractivity contribution in [1.29, 1.82) is 0 Å². The summed E-state index contributed by atoms with van der Waals surface area (Å²) in [6.45, 7) is 4.70. The van der Waals surface area contributed by atoms with Crippen molar-refractivity contribution in [2.45, 2.75) is 45.3 Å². The summed E-state index contributed by atoms with van der Waals surface area (Å²) in [5.41, 5.74) is -1.36.